The van der Waals surface area contributed by atoms with Crippen molar-refractivity contribution >= 4 is 40.6 Å². The first-order chi connectivity index (χ1) is 9.56. The van der Waals surface area contributed by atoms with Crippen LogP contribution in [0.4, 0.5) is 11.4 Å². The Balaban J connectivity index is 1.94. The van der Waals surface area contributed by atoms with Crippen LogP contribution in [0.25, 0.3) is 0 Å². The molecule has 0 radical (unpaired) electrons. The number of hydrogen-bond donors (Lipinski definition) is 1. The van der Waals surface area contributed by atoms with Crippen LogP contribution in [0.1, 0.15) is 0 Å². The van der Waals surface area contributed by atoms with E-state index in [4.69, 9.17) is 17.3 Å². The monoisotopic (exact) mass is 307 g/mol. The molecule has 0 aliphatic heterocycles. The normalized spacial score (nSPS) is 10.3. The number of amides is 1. The highest BCUT2D eigenvalue weighted by Crippen LogP contribution is 2.20. The van der Waals surface area contributed by atoms with Crippen molar-refractivity contribution in [3.63, 3.8) is 0 Å². The van der Waals surface area contributed by atoms with Crippen LogP contribution in [0.3, 0.4) is 0 Å². The predicted molar refractivity (Wildman–Crippen MR) is 84.2 cm³/mol. The van der Waals surface area contributed by atoms with E-state index in [1.165, 1.54) is 11.8 Å². The van der Waals surface area contributed by atoms with Crippen LogP contribution in [-0.4, -0.2) is 23.7 Å². The van der Waals surface area contributed by atoms with E-state index in [0.717, 1.165) is 10.7 Å². The Hall–Kier alpha value is -1.72. The number of hydrogen-bond acceptors (Lipinski definition) is 4. The van der Waals surface area contributed by atoms with Gasteiger partial charge in [0, 0.05) is 24.6 Å². The van der Waals surface area contributed by atoms with Gasteiger partial charge in [-0.25, -0.2) is 4.98 Å². The lowest BCUT2D eigenvalue weighted by Gasteiger charge is -2.17. The minimum atomic E-state index is -0.00322. The van der Waals surface area contributed by atoms with Crippen LogP contribution in [0.15, 0.2) is 47.6 Å². The zero-order chi connectivity index (χ0) is 14.5. The molecular formula is C14H14ClN3OS. The minimum absolute atomic E-state index is 0.00322. The Morgan fingerprint density at radius 1 is 1.30 bits per heavy atom. The van der Waals surface area contributed by atoms with Gasteiger partial charge in [0.05, 0.1) is 15.8 Å². The second kappa shape index (κ2) is 6.63. The van der Waals surface area contributed by atoms with E-state index >= 15 is 0 Å². The number of nitrogens with two attached hydrogens (primary N) is 1. The van der Waals surface area contributed by atoms with Gasteiger partial charge in [0.1, 0.15) is 0 Å². The second-order valence-electron chi connectivity index (χ2n) is 4.15. The van der Waals surface area contributed by atoms with Gasteiger partial charge in [-0.3, -0.25) is 4.79 Å². The first-order valence-corrected chi connectivity index (χ1v) is 7.29. The zero-order valence-electron chi connectivity index (χ0n) is 10.9. The van der Waals surface area contributed by atoms with Crippen LogP contribution in [0.5, 0.6) is 0 Å². The van der Waals surface area contributed by atoms with E-state index in [-0.39, 0.29) is 5.91 Å². The smallest absolute Gasteiger partial charge is 0.237 e. The third-order valence-corrected chi connectivity index (χ3v) is 3.85. The molecule has 2 aromatic rings. The molecule has 0 saturated heterocycles. The molecule has 0 atom stereocenters. The van der Waals surface area contributed by atoms with Crippen molar-refractivity contribution in [3.8, 4) is 0 Å². The SMILES string of the molecule is CN(C(=O)CSc1ccc(Cl)cn1)c1ccc(N)cc1. The fourth-order valence-electron chi connectivity index (χ4n) is 1.52. The number of benzene rings is 1. The Morgan fingerprint density at radius 3 is 2.60 bits per heavy atom. The summed E-state index contributed by atoms with van der Waals surface area (Å²) in [5, 5.41) is 1.35. The van der Waals surface area contributed by atoms with Crippen molar-refractivity contribution in [2.24, 2.45) is 0 Å². The number of pyridine rings is 1. The molecule has 0 spiro atoms. The number of rotatable bonds is 4. The Morgan fingerprint density at radius 2 is 2.00 bits per heavy atom. The lowest BCUT2D eigenvalue weighted by Crippen LogP contribution is -2.27. The number of carbonyl (C=O) groups is 1. The molecule has 0 bridgehead atoms. The molecule has 20 heavy (non-hydrogen) atoms. The summed E-state index contributed by atoms with van der Waals surface area (Å²) in [6, 6.07) is 10.7. The van der Waals surface area contributed by atoms with E-state index in [0.29, 0.717) is 16.5 Å². The van der Waals surface area contributed by atoms with E-state index in [2.05, 4.69) is 4.98 Å². The van der Waals surface area contributed by atoms with E-state index in [1.54, 1.807) is 42.4 Å². The average molecular weight is 308 g/mol. The molecule has 1 aromatic heterocycles. The van der Waals surface area contributed by atoms with Gasteiger partial charge in [-0.1, -0.05) is 23.4 Å². The lowest BCUT2D eigenvalue weighted by molar-refractivity contribution is -0.115. The highest BCUT2D eigenvalue weighted by molar-refractivity contribution is 7.99. The average Bonchev–Trinajstić information content (AvgIpc) is 2.46. The maximum atomic E-state index is 12.1. The number of nitrogen functional groups attached to an aromatic ring is 1. The summed E-state index contributed by atoms with van der Waals surface area (Å²) in [5.74, 6) is 0.312. The topological polar surface area (TPSA) is 59.2 Å². The third-order valence-electron chi connectivity index (χ3n) is 2.70. The van der Waals surface area contributed by atoms with Crippen LogP contribution in [0.2, 0.25) is 5.02 Å². The minimum Gasteiger partial charge on any atom is -0.399 e. The predicted octanol–water partition coefficient (Wildman–Crippen LogP) is 3.07. The van der Waals surface area contributed by atoms with Gasteiger partial charge in [0.25, 0.3) is 0 Å². The van der Waals surface area contributed by atoms with Crippen LogP contribution in [0, 0.1) is 0 Å². The molecule has 1 aromatic carbocycles. The van der Waals surface area contributed by atoms with Crippen LogP contribution < -0.4 is 10.6 Å². The molecule has 0 aliphatic carbocycles. The highest BCUT2D eigenvalue weighted by Gasteiger charge is 2.11. The van der Waals surface area contributed by atoms with Gasteiger partial charge in [0.15, 0.2) is 0 Å². The quantitative estimate of drug-likeness (QED) is 0.696. The molecule has 4 nitrogen and oxygen atoms in total. The maximum Gasteiger partial charge on any atom is 0.237 e. The molecule has 2 rings (SSSR count). The molecular weight excluding hydrogens is 294 g/mol. The van der Waals surface area contributed by atoms with E-state index < -0.39 is 0 Å². The number of anilines is 2. The van der Waals surface area contributed by atoms with Gasteiger partial charge in [-0.2, -0.15) is 0 Å². The van der Waals surface area contributed by atoms with Gasteiger partial charge < -0.3 is 10.6 Å². The zero-order valence-corrected chi connectivity index (χ0v) is 12.5. The summed E-state index contributed by atoms with van der Waals surface area (Å²) in [6.07, 6.45) is 1.57. The van der Waals surface area contributed by atoms with Gasteiger partial charge in [-0.15, -0.1) is 0 Å². The molecule has 1 amide bonds. The highest BCUT2D eigenvalue weighted by atomic mass is 35.5. The van der Waals surface area contributed by atoms with Gasteiger partial charge in [0.2, 0.25) is 5.91 Å². The van der Waals surface area contributed by atoms with Crippen molar-refractivity contribution in [2.75, 3.05) is 23.4 Å². The molecule has 6 heteroatoms. The van der Waals surface area contributed by atoms with Crippen molar-refractivity contribution in [3.05, 3.63) is 47.6 Å². The molecule has 0 fully saturated rings. The van der Waals surface area contributed by atoms with E-state index in [1.807, 2.05) is 12.1 Å². The second-order valence-corrected chi connectivity index (χ2v) is 5.58. The number of aromatic nitrogens is 1. The maximum absolute atomic E-state index is 12.1. The lowest BCUT2D eigenvalue weighted by atomic mass is 10.2. The van der Waals surface area contributed by atoms with Gasteiger partial charge in [-0.05, 0) is 36.4 Å². The summed E-state index contributed by atoms with van der Waals surface area (Å²) >= 11 is 7.14. The number of halogens is 1. The number of nitrogens with zero attached hydrogens (tertiary/aromatic N) is 2. The molecule has 1 heterocycles. The Bertz CT molecular complexity index is 586. The summed E-state index contributed by atoms with van der Waals surface area (Å²) in [6.45, 7) is 0. The molecule has 0 saturated carbocycles. The Kier molecular flexibility index (Phi) is 4.87. The molecule has 104 valence electrons. The van der Waals surface area contributed by atoms with Gasteiger partial charge >= 0.3 is 0 Å². The molecule has 2 N–H and O–H groups in total. The van der Waals surface area contributed by atoms with Crippen molar-refractivity contribution in [1.82, 2.24) is 4.98 Å². The standard InChI is InChI=1S/C14H14ClN3OS/c1-18(12-5-3-11(16)4-6-12)14(19)9-20-13-7-2-10(15)8-17-13/h2-8H,9,16H2,1H3. The molecule has 0 unspecified atom stereocenters. The first-order valence-electron chi connectivity index (χ1n) is 5.93. The molecule has 0 aliphatic rings. The summed E-state index contributed by atoms with van der Waals surface area (Å²) in [4.78, 5) is 17.8. The third kappa shape index (κ3) is 3.88. The summed E-state index contributed by atoms with van der Waals surface area (Å²) in [5.41, 5.74) is 7.11. The van der Waals surface area contributed by atoms with Crippen LogP contribution in [-0.2, 0) is 4.79 Å². The van der Waals surface area contributed by atoms with Crippen molar-refractivity contribution in [2.45, 2.75) is 5.03 Å². The fourth-order valence-corrected chi connectivity index (χ4v) is 2.39. The largest absolute Gasteiger partial charge is 0.399 e. The Labute approximate surface area is 126 Å². The number of thioether (sulfide) groups is 1. The van der Waals surface area contributed by atoms with E-state index in [9.17, 15) is 4.79 Å². The van der Waals surface area contributed by atoms with Crippen molar-refractivity contribution < 1.29 is 4.79 Å². The summed E-state index contributed by atoms with van der Waals surface area (Å²) < 4.78 is 0. The number of carbonyl (C=O) groups excluding carboxylic acids is 1. The first kappa shape index (κ1) is 14.7. The van der Waals surface area contributed by atoms with Crippen molar-refractivity contribution in [1.29, 1.82) is 0 Å². The fraction of sp³-hybridized carbons (Fsp3) is 0.143. The summed E-state index contributed by atoms with van der Waals surface area (Å²) in [7, 11) is 1.74. The van der Waals surface area contributed by atoms with Crippen LogP contribution >= 0.6 is 23.4 Å².